The molecule has 0 spiro atoms. The van der Waals surface area contributed by atoms with Gasteiger partial charge in [-0.25, -0.2) is 9.59 Å². The van der Waals surface area contributed by atoms with E-state index < -0.39 is 23.7 Å². The lowest BCUT2D eigenvalue weighted by atomic mass is 9.96. The molecule has 0 aliphatic carbocycles. The Morgan fingerprint density at radius 1 is 1.08 bits per heavy atom. The molecule has 0 aliphatic rings. The number of ether oxygens (including phenoxy) is 1. The number of carbonyl (C=O) groups excluding carboxylic acids is 1. The van der Waals surface area contributed by atoms with E-state index in [2.05, 4.69) is 5.32 Å². The first-order valence-corrected chi connectivity index (χ1v) is 8.53. The quantitative estimate of drug-likeness (QED) is 0.843. The summed E-state index contributed by atoms with van der Waals surface area (Å²) in [6.45, 7) is 7.13. The predicted molar refractivity (Wildman–Crippen MR) is 101 cm³/mol. The van der Waals surface area contributed by atoms with Crippen molar-refractivity contribution in [3.8, 4) is 11.1 Å². The van der Waals surface area contributed by atoms with E-state index in [-0.39, 0.29) is 6.42 Å². The Morgan fingerprint density at radius 2 is 1.73 bits per heavy atom. The monoisotopic (exact) mass is 355 g/mol. The van der Waals surface area contributed by atoms with E-state index in [1.807, 2.05) is 55.5 Å². The summed E-state index contributed by atoms with van der Waals surface area (Å²) >= 11 is 0. The van der Waals surface area contributed by atoms with Crippen LogP contribution in [0.4, 0.5) is 4.79 Å². The minimum absolute atomic E-state index is 0.190. The zero-order valence-corrected chi connectivity index (χ0v) is 15.6. The summed E-state index contributed by atoms with van der Waals surface area (Å²) in [4.78, 5) is 23.4. The van der Waals surface area contributed by atoms with Crippen LogP contribution in [0, 0.1) is 6.92 Å². The lowest BCUT2D eigenvalue weighted by molar-refractivity contribution is -0.139. The van der Waals surface area contributed by atoms with Gasteiger partial charge in [-0.2, -0.15) is 0 Å². The van der Waals surface area contributed by atoms with Gasteiger partial charge in [-0.3, -0.25) is 0 Å². The predicted octanol–water partition coefficient (Wildman–Crippen LogP) is 4.18. The Hall–Kier alpha value is -2.82. The smallest absolute Gasteiger partial charge is 0.408 e. The van der Waals surface area contributed by atoms with Crippen LogP contribution in [0.2, 0.25) is 0 Å². The average molecular weight is 355 g/mol. The molecule has 0 radical (unpaired) electrons. The van der Waals surface area contributed by atoms with Crippen LogP contribution in [0.3, 0.4) is 0 Å². The Morgan fingerprint density at radius 3 is 2.27 bits per heavy atom. The van der Waals surface area contributed by atoms with Crippen LogP contribution in [0.5, 0.6) is 0 Å². The van der Waals surface area contributed by atoms with Gasteiger partial charge in [0.15, 0.2) is 0 Å². The summed E-state index contributed by atoms with van der Waals surface area (Å²) in [7, 11) is 0. The van der Waals surface area contributed by atoms with Crippen molar-refractivity contribution in [2.45, 2.75) is 45.8 Å². The Bertz CT molecular complexity index is 778. The molecule has 0 aliphatic heterocycles. The van der Waals surface area contributed by atoms with Crippen molar-refractivity contribution in [1.29, 1.82) is 0 Å². The third-order valence-corrected chi connectivity index (χ3v) is 3.86. The number of nitrogens with one attached hydrogen (secondary N) is 1. The lowest BCUT2D eigenvalue weighted by Crippen LogP contribution is -2.44. The number of hydrogen-bond acceptors (Lipinski definition) is 3. The van der Waals surface area contributed by atoms with Crippen molar-refractivity contribution in [3.63, 3.8) is 0 Å². The van der Waals surface area contributed by atoms with Crippen molar-refractivity contribution >= 4 is 12.1 Å². The molecule has 2 aromatic rings. The highest BCUT2D eigenvalue weighted by molar-refractivity contribution is 5.80. The van der Waals surface area contributed by atoms with E-state index in [1.54, 1.807) is 20.8 Å². The summed E-state index contributed by atoms with van der Waals surface area (Å²) in [5, 5.41) is 11.9. The number of aliphatic carboxylic acids is 1. The minimum Gasteiger partial charge on any atom is -0.480 e. The summed E-state index contributed by atoms with van der Waals surface area (Å²) in [6.07, 6.45) is -0.543. The topological polar surface area (TPSA) is 75.6 Å². The van der Waals surface area contributed by atoms with Crippen LogP contribution in [-0.4, -0.2) is 28.8 Å². The molecule has 0 bridgehead atoms. The van der Waals surface area contributed by atoms with Gasteiger partial charge in [0.25, 0.3) is 0 Å². The number of hydrogen-bond donors (Lipinski definition) is 2. The number of carboxylic acids is 1. The first-order valence-electron chi connectivity index (χ1n) is 8.53. The molecule has 2 N–H and O–H groups in total. The number of alkyl carbamates (subject to hydrolysis) is 1. The Kier molecular flexibility index (Phi) is 6.03. The summed E-state index contributed by atoms with van der Waals surface area (Å²) in [5.74, 6) is -1.10. The van der Waals surface area contributed by atoms with Crippen LogP contribution in [0.25, 0.3) is 11.1 Å². The van der Waals surface area contributed by atoms with Gasteiger partial charge in [0, 0.05) is 6.42 Å². The molecule has 5 heteroatoms. The van der Waals surface area contributed by atoms with Crippen molar-refractivity contribution < 1.29 is 19.4 Å². The maximum absolute atomic E-state index is 11.9. The van der Waals surface area contributed by atoms with Gasteiger partial charge < -0.3 is 15.2 Å². The molecule has 0 saturated heterocycles. The van der Waals surface area contributed by atoms with E-state index in [4.69, 9.17) is 4.74 Å². The molecule has 26 heavy (non-hydrogen) atoms. The van der Waals surface area contributed by atoms with Crippen molar-refractivity contribution in [1.82, 2.24) is 5.32 Å². The number of carboxylic acid groups (broad SMARTS) is 1. The van der Waals surface area contributed by atoms with Crippen LogP contribution < -0.4 is 5.32 Å². The number of aryl methyl sites for hydroxylation is 1. The molecule has 0 aromatic heterocycles. The lowest BCUT2D eigenvalue weighted by Gasteiger charge is -2.22. The second-order valence-corrected chi connectivity index (χ2v) is 7.25. The SMILES string of the molecule is Cc1cc(-c2ccccc2)ccc1CC(NC(=O)OC(C)(C)C)C(=O)O. The molecule has 0 saturated carbocycles. The van der Waals surface area contributed by atoms with Crippen molar-refractivity contribution in [2.75, 3.05) is 0 Å². The fourth-order valence-corrected chi connectivity index (χ4v) is 2.60. The highest BCUT2D eigenvalue weighted by Gasteiger charge is 2.24. The van der Waals surface area contributed by atoms with E-state index in [1.165, 1.54) is 0 Å². The number of carbonyl (C=O) groups is 2. The molecular weight excluding hydrogens is 330 g/mol. The van der Waals surface area contributed by atoms with Crippen molar-refractivity contribution in [3.05, 3.63) is 59.7 Å². The summed E-state index contributed by atoms with van der Waals surface area (Å²) < 4.78 is 5.15. The molecule has 1 amide bonds. The van der Waals surface area contributed by atoms with E-state index >= 15 is 0 Å². The number of benzene rings is 2. The largest absolute Gasteiger partial charge is 0.480 e. The zero-order chi connectivity index (χ0) is 19.3. The van der Waals surface area contributed by atoms with E-state index in [0.717, 1.165) is 22.3 Å². The van der Waals surface area contributed by atoms with Gasteiger partial charge in [0.05, 0.1) is 0 Å². The van der Waals surface area contributed by atoms with E-state index in [0.29, 0.717) is 0 Å². The third kappa shape index (κ3) is 5.62. The molecule has 0 fully saturated rings. The van der Waals surface area contributed by atoms with Crippen LogP contribution in [0.1, 0.15) is 31.9 Å². The molecule has 1 atom stereocenters. The van der Waals surface area contributed by atoms with Gasteiger partial charge in [0.1, 0.15) is 11.6 Å². The molecule has 5 nitrogen and oxygen atoms in total. The second-order valence-electron chi connectivity index (χ2n) is 7.25. The maximum atomic E-state index is 11.9. The Balaban J connectivity index is 2.14. The first kappa shape index (κ1) is 19.5. The van der Waals surface area contributed by atoms with Crippen LogP contribution >= 0.6 is 0 Å². The fourth-order valence-electron chi connectivity index (χ4n) is 2.60. The molecule has 2 aromatic carbocycles. The third-order valence-electron chi connectivity index (χ3n) is 3.86. The average Bonchev–Trinajstić information content (AvgIpc) is 2.54. The zero-order valence-electron chi connectivity index (χ0n) is 15.6. The standard InChI is InChI=1S/C21H25NO4/c1-14-12-17(15-8-6-5-7-9-15)11-10-16(14)13-18(19(23)24)22-20(25)26-21(2,3)4/h5-12,18H,13H2,1-4H3,(H,22,25)(H,23,24). The van der Waals surface area contributed by atoms with E-state index in [9.17, 15) is 14.7 Å². The van der Waals surface area contributed by atoms with Crippen LogP contribution in [-0.2, 0) is 16.0 Å². The molecule has 1 unspecified atom stereocenters. The highest BCUT2D eigenvalue weighted by atomic mass is 16.6. The molecule has 0 heterocycles. The fraction of sp³-hybridized carbons (Fsp3) is 0.333. The number of rotatable bonds is 5. The Labute approximate surface area is 154 Å². The van der Waals surface area contributed by atoms with Gasteiger partial charge in [-0.05, 0) is 49.9 Å². The van der Waals surface area contributed by atoms with Crippen molar-refractivity contribution in [2.24, 2.45) is 0 Å². The molecule has 138 valence electrons. The normalized spacial score (nSPS) is 12.3. The molecule has 2 rings (SSSR count). The van der Waals surface area contributed by atoms with Gasteiger partial charge in [0.2, 0.25) is 0 Å². The maximum Gasteiger partial charge on any atom is 0.408 e. The molecular formula is C21H25NO4. The van der Waals surface area contributed by atoms with Gasteiger partial charge >= 0.3 is 12.1 Å². The second kappa shape index (κ2) is 8.04. The van der Waals surface area contributed by atoms with Gasteiger partial charge in [-0.1, -0.05) is 48.5 Å². The summed E-state index contributed by atoms with van der Waals surface area (Å²) in [5.41, 5.74) is 3.33. The van der Waals surface area contributed by atoms with Gasteiger partial charge in [-0.15, -0.1) is 0 Å². The first-order chi connectivity index (χ1) is 12.2. The summed E-state index contributed by atoms with van der Waals surface area (Å²) in [6, 6.07) is 14.8. The van der Waals surface area contributed by atoms with Crippen LogP contribution in [0.15, 0.2) is 48.5 Å². The minimum atomic E-state index is -1.10. The number of amides is 1. The highest BCUT2D eigenvalue weighted by Crippen LogP contribution is 2.23.